The maximum Gasteiger partial charge on any atom is 0.261 e. The number of carbonyl (C=O) groups excluding carboxylic acids is 1. The van der Waals surface area contributed by atoms with Gasteiger partial charge in [-0.25, -0.2) is 8.42 Å². The van der Waals surface area contributed by atoms with E-state index < -0.39 is 15.6 Å². The Morgan fingerprint density at radius 2 is 2.00 bits per heavy atom. The minimum Gasteiger partial charge on any atom is -0.394 e. The summed E-state index contributed by atoms with van der Waals surface area (Å²) in [6.07, 6.45) is 2.81. The van der Waals surface area contributed by atoms with Crippen LogP contribution in [0.4, 0.5) is 0 Å². The Bertz CT molecular complexity index is 631. The normalized spacial score (nSPS) is 17.4. The predicted octanol–water partition coefficient (Wildman–Crippen LogP) is 1.42. The summed E-state index contributed by atoms with van der Waals surface area (Å²) in [5.74, 6) is -0.371. The molecule has 8 heteroatoms. The fraction of sp³-hybridized carbons (Fsp3) is 0.643. The molecule has 0 aliphatic carbocycles. The smallest absolute Gasteiger partial charge is 0.261 e. The van der Waals surface area contributed by atoms with Crippen molar-refractivity contribution in [3.05, 3.63) is 16.3 Å². The van der Waals surface area contributed by atoms with Gasteiger partial charge in [0.1, 0.15) is 0 Å². The number of aliphatic hydroxyl groups is 1. The van der Waals surface area contributed by atoms with Crippen LogP contribution in [0.3, 0.4) is 0 Å². The lowest BCUT2D eigenvalue weighted by Gasteiger charge is -2.25. The van der Waals surface area contributed by atoms with Crippen LogP contribution in [0.1, 0.15) is 42.8 Å². The highest BCUT2D eigenvalue weighted by Gasteiger charge is 2.28. The number of carbonyl (C=O) groups is 1. The second kappa shape index (κ2) is 6.66. The highest BCUT2D eigenvalue weighted by molar-refractivity contribution is 7.89. The van der Waals surface area contributed by atoms with Crippen LogP contribution in [-0.2, 0) is 10.0 Å². The molecule has 2 rings (SSSR count). The first-order valence-electron chi connectivity index (χ1n) is 7.28. The molecule has 1 aliphatic heterocycles. The van der Waals surface area contributed by atoms with Gasteiger partial charge in [0.15, 0.2) is 0 Å². The minimum atomic E-state index is -3.51. The summed E-state index contributed by atoms with van der Waals surface area (Å²) in [5.41, 5.74) is -0.743. The molecule has 1 aliphatic rings. The Kier molecular flexibility index (Phi) is 5.26. The fourth-order valence-corrected chi connectivity index (χ4v) is 4.91. The zero-order valence-electron chi connectivity index (χ0n) is 12.8. The number of thiophene rings is 1. The first-order chi connectivity index (χ1) is 10.3. The third kappa shape index (κ3) is 3.87. The minimum absolute atomic E-state index is 0.173. The summed E-state index contributed by atoms with van der Waals surface area (Å²) in [5, 5.41) is 13.4. The van der Waals surface area contributed by atoms with Crippen molar-refractivity contribution >= 4 is 27.3 Å². The van der Waals surface area contributed by atoms with E-state index in [0.717, 1.165) is 30.6 Å². The zero-order valence-corrected chi connectivity index (χ0v) is 14.5. The molecule has 1 aromatic rings. The van der Waals surface area contributed by atoms with Crippen molar-refractivity contribution in [2.75, 3.05) is 19.7 Å². The summed E-state index contributed by atoms with van der Waals surface area (Å²) in [6, 6.07) is 1.41. The molecule has 2 N–H and O–H groups in total. The number of hydrogen-bond acceptors (Lipinski definition) is 5. The van der Waals surface area contributed by atoms with E-state index in [1.807, 2.05) is 0 Å². The van der Waals surface area contributed by atoms with Crippen LogP contribution >= 0.6 is 11.3 Å². The lowest BCUT2D eigenvalue weighted by Crippen LogP contribution is -2.46. The van der Waals surface area contributed by atoms with Crippen molar-refractivity contribution < 1.29 is 18.3 Å². The molecule has 0 radical (unpaired) electrons. The standard InChI is InChI=1S/C14H22N2O4S2/c1-14(2,10-17)15-13(18)12-8-11(9-21-12)22(19,20)16-6-4-3-5-7-16/h8-9,17H,3-7,10H2,1-2H3,(H,15,18). The van der Waals surface area contributed by atoms with Crippen molar-refractivity contribution in [1.82, 2.24) is 9.62 Å². The fourth-order valence-electron chi connectivity index (χ4n) is 2.24. The Labute approximate surface area is 135 Å². The Morgan fingerprint density at radius 1 is 1.36 bits per heavy atom. The largest absolute Gasteiger partial charge is 0.394 e. The van der Waals surface area contributed by atoms with Crippen LogP contribution in [0, 0.1) is 0 Å². The molecule has 0 aromatic carbocycles. The molecule has 0 unspecified atom stereocenters. The molecule has 0 saturated carbocycles. The molecule has 124 valence electrons. The van der Waals surface area contributed by atoms with E-state index in [2.05, 4.69) is 5.32 Å². The first-order valence-corrected chi connectivity index (χ1v) is 9.60. The molecule has 0 bridgehead atoms. The van der Waals surface area contributed by atoms with Crippen molar-refractivity contribution in [2.24, 2.45) is 0 Å². The van der Waals surface area contributed by atoms with Gasteiger partial charge in [-0.15, -0.1) is 11.3 Å². The van der Waals surface area contributed by atoms with E-state index in [1.54, 1.807) is 13.8 Å². The summed E-state index contributed by atoms with van der Waals surface area (Å²) in [4.78, 5) is 12.6. The van der Waals surface area contributed by atoms with Crippen molar-refractivity contribution in [2.45, 2.75) is 43.5 Å². The Hall–Kier alpha value is -0.960. The lowest BCUT2D eigenvalue weighted by atomic mass is 10.1. The van der Waals surface area contributed by atoms with Gasteiger partial charge < -0.3 is 10.4 Å². The van der Waals surface area contributed by atoms with E-state index >= 15 is 0 Å². The lowest BCUT2D eigenvalue weighted by molar-refractivity contribution is 0.0873. The van der Waals surface area contributed by atoms with Gasteiger partial charge >= 0.3 is 0 Å². The van der Waals surface area contributed by atoms with Crippen LogP contribution < -0.4 is 5.32 Å². The van der Waals surface area contributed by atoms with E-state index in [-0.39, 0.29) is 17.4 Å². The van der Waals surface area contributed by atoms with Crippen molar-refractivity contribution in [3.8, 4) is 0 Å². The van der Waals surface area contributed by atoms with Crippen LogP contribution in [0.5, 0.6) is 0 Å². The number of hydrogen-bond donors (Lipinski definition) is 2. The van der Waals surface area contributed by atoms with Gasteiger partial charge in [-0.05, 0) is 32.8 Å². The van der Waals surface area contributed by atoms with E-state index in [4.69, 9.17) is 0 Å². The molecule has 1 amide bonds. The van der Waals surface area contributed by atoms with Crippen molar-refractivity contribution in [3.63, 3.8) is 0 Å². The third-order valence-corrected chi connectivity index (χ3v) is 6.55. The molecule has 1 saturated heterocycles. The molecule has 0 atom stereocenters. The highest BCUT2D eigenvalue weighted by atomic mass is 32.2. The van der Waals surface area contributed by atoms with Crippen LogP contribution in [-0.4, -0.2) is 49.0 Å². The number of rotatable bonds is 5. The molecular formula is C14H22N2O4S2. The molecule has 2 heterocycles. The molecule has 6 nitrogen and oxygen atoms in total. The molecule has 0 spiro atoms. The number of nitrogens with one attached hydrogen (secondary N) is 1. The number of nitrogens with zero attached hydrogens (tertiary/aromatic N) is 1. The molecule has 22 heavy (non-hydrogen) atoms. The summed E-state index contributed by atoms with van der Waals surface area (Å²) < 4.78 is 26.5. The second-order valence-electron chi connectivity index (χ2n) is 6.11. The van der Waals surface area contributed by atoms with E-state index in [0.29, 0.717) is 18.0 Å². The van der Waals surface area contributed by atoms with Crippen molar-refractivity contribution in [1.29, 1.82) is 0 Å². The zero-order chi connectivity index (χ0) is 16.4. The third-order valence-electron chi connectivity index (χ3n) is 3.60. The number of amides is 1. The summed E-state index contributed by atoms with van der Waals surface area (Å²) in [6.45, 7) is 4.28. The van der Waals surface area contributed by atoms with Gasteiger partial charge in [-0.2, -0.15) is 4.31 Å². The average molecular weight is 346 g/mol. The number of aliphatic hydroxyl groups excluding tert-OH is 1. The van der Waals surface area contributed by atoms with Gasteiger partial charge in [-0.1, -0.05) is 6.42 Å². The monoisotopic (exact) mass is 346 g/mol. The van der Waals surface area contributed by atoms with Crippen LogP contribution in [0.15, 0.2) is 16.3 Å². The predicted molar refractivity (Wildman–Crippen MR) is 85.6 cm³/mol. The van der Waals surface area contributed by atoms with Gasteiger partial charge in [0.25, 0.3) is 5.91 Å². The van der Waals surface area contributed by atoms with Gasteiger partial charge in [-0.3, -0.25) is 4.79 Å². The quantitative estimate of drug-likeness (QED) is 0.844. The number of sulfonamides is 1. The first kappa shape index (κ1) is 17.4. The Morgan fingerprint density at radius 3 is 2.59 bits per heavy atom. The maximum atomic E-state index is 12.5. The number of piperidine rings is 1. The molecule has 1 fully saturated rings. The SMILES string of the molecule is CC(C)(CO)NC(=O)c1cc(S(=O)(=O)N2CCCCC2)cs1. The second-order valence-corrected chi connectivity index (χ2v) is 8.96. The maximum absolute atomic E-state index is 12.5. The van der Waals surface area contributed by atoms with E-state index in [9.17, 15) is 18.3 Å². The summed E-state index contributed by atoms with van der Waals surface area (Å²) >= 11 is 1.10. The topological polar surface area (TPSA) is 86.7 Å². The molecular weight excluding hydrogens is 324 g/mol. The van der Waals surface area contributed by atoms with Gasteiger partial charge in [0.2, 0.25) is 10.0 Å². The van der Waals surface area contributed by atoms with Crippen LogP contribution in [0.2, 0.25) is 0 Å². The van der Waals surface area contributed by atoms with Gasteiger partial charge in [0, 0.05) is 18.5 Å². The highest BCUT2D eigenvalue weighted by Crippen LogP contribution is 2.25. The van der Waals surface area contributed by atoms with Gasteiger partial charge in [0.05, 0.1) is 21.9 Å². The Balaban J connectivity index is 2.15. The summed E-state index contributed by atoms with van der Waals surface area (Å²) in [7, 11) is -3.51. The van der Waals surface area contributed by atoms with E-state index in [1.165, 1.54) is 15.8 Å². The van der Waals surface area contributed by atoms with Crippen LogP contribution in [0.25, 0.3) is 0 Å². The molecule has 1 aromatic heterocycles. The average Bonchev–Trinajstić information content (AvgIpc) is 2.98.